The summed E-state index contributed by atoms with van der Waals surface area (Å²) in [6.07, 6.45) is 3.73. The lowest BCUT2D eigenvalue weighted by Crippen LogP contribution is -2.08. The molecular formula is C14H17N3O2S. The van der Waals surface area contributed by atoms with Crippen molar-refractivity contribution >= 4 is 17.3 Å². The van der Waals surface area contributed by atoms with Crippen molar-refractivity contribution in [2.45, 2.75) is 32.7 Å². The van der Waals surface area contributed by atoms with Crippen molar-refractivity contribution in [3.63, 3.8) is 0 Å². The molecule has 0 saturated heterocycles. The molecule has 20 heavy (non-hydrogen) atoms. The molecule has 0 N–H and O–H groups in total. The maximum atomic E-state index is 12.0. The third-order valence-electron chi connectivity index (χ3n) is 3.40. The van der Waals surface area contributed by atoms with Gasteiger partial charge in [-0.2, -0.15) is 0 Å². The van der Waals surface area contributed by atoms with Crippen LogP contribution in [0.1, 0.15) is 36.7 Å². The van der Waals surface area contributed by atoms with Crippen LogP contribution < -0.4 is 0 Å². The Morgan fingerprint density at radius 3 is 3.05 bits per heavy atom. The number of hydrogen-bond acceptors (Lipinski definition) is 5. The van der Waals surface area contributed by atoms with E-state index in [9.17, 15) is 4.79 Å². The number of hydrogen-bond donors (Lipinski definition) is 0. The van der Waals surface area contributed by atoms with Crippen LogP contribution in [0.5, 0.6) is 0 Å². The standard InChI is InChI=1S/C14H17N3O2S/c1-2-19-14(18)12-13(11-4-3-9-20-11)17(16-15-12)8-7-10-5-6-10/h3-4,9-10H,2,5-8H2,1H3. The van der Waals surface area contributed by atoms with E-state index in [1.54, 1.807) is 18.3 Å². The van der Waals surface area contributed by atoms with Crippen LogP contribution in [0.2, 0.25) is 0 Å². The quantitative estimate of drug-likeness (QED) is 0.768. The van der Waals surface area contributed by atoms with Gasteiger partial charge in [0.25, 0.3) is 0 Å². The average molecular weight is 291 g/mol. The highest BCUT2D eigenvalue weighted by Crippen LogP contribution is 2.34. The molecule has 1 aliphatic carbocycles. The fourth-order valence-electron chi connectivity index (χ4n) is 2.18. The van der Waals surface area contributed by atoms with Crippen molar-refractivity contribution in [1.82, 2.24) is 15.0 Å². The van der Waals surface area contributed by atoms with Gasteiger partial charge >= 0.3 is 5.97 Å². The lowest BCUT2D eigenvalue weighted by Gasteiger charge is -2.05. The average Bonchev–Trinajstić information content (AvgIpc) is 2.96. The molecule has 1 aliphatic rings. The summed E-state index contributed by atoms with van der Waals surface area (Å²) < 4.78 is 6.91. The van der Waals surface area contributed by atoms with Gasteiger partial charge in [-0.25, -0.2) is 9.48 Å². The first kappa shape index (κ1) is 13.3. The summed E-state index contributed by atoms with van der Waals surface area (Å²) in [7, 11) is 0. The van der Waals surface area contributed by atoms with Gasteiger partial charge in [0.2, 0.25) is 0 Å². The molecule has 3 rings (SSSR count). The molecule has 0 aliphatic heterocycles. The number of rotatable bonds is 6. The monoisotopic (exact) mass is 291 g/mol. The summed E-state index contributed by atoms with van der Waals surface area (Å²) in [6.45, 7) is 2.95. The topological polar surface area (TPSA) is 57.0 Å². The molecule has 0 unspecified atom stereocenters. The molecule has 0 spiro atoms. The first-order chi connectivity index (χ1) is 9.79. The summed E-state index contributed by atoms with van der Waals surface area (Å²) in [5.74, 6) is 0.426. The predicted molar refractivity (Wildman–Crippen MR) is 76.6 cm³/mol. The van der Waals surface area contributed by atoms with Gasteiger partial charge in [-0.3, -0.25) is 0 Å². The van der Waals surface area contributed by atoms with Gasteiger partial charge in [0.15, 0.2) is 5.69 Å². The minimum atomic E-state index is -0.395. The normalized spacial score (nSPS) is 14.4. The van der Waals surface area contributed by atoms with Crippen LogP contribution >= 0.6 is 11.3 Å². The summed E-state index contributed by atoms with van der Waals surface area (Å²) in [6, 6.07) is 3.95. The van der Waals surface area contributed by atoms with E-state index in [2.05, 4.69) is 10.3 Å². The maximum absolute atomic E-state index is 12.0. The molecule has 0 aromatic carbocycles. The zero-order chi connectivity index (χ0) is 13.9. The zero-order valence-electron chi connectivity index (χ0n) is 11.4. The van der Waals surface area contributed by atoms with Crippen LogP contribution in [0.25, 0.3) is 10.6 Å². The van der Waals surface area contributed by atoms with Gasteiger partial charge in [0.05, 0.1) is 11.5 Å². The molecule has 0 bridgehead atoms. The highest BCUT2D eigenvalue weighted by molar-refractivity contribution is 7.13. The van der Waals surface area contributed by atoms with Crippen molar-refractivity contribution in [1.29, 1.82) is 0 Å². The fraction of sp³-hybridized carbons (Fsp3) is 0.500. The maximum Gasteiger partial charge on any atom is 0.361 e. The largest absolute Gasteiger partial charge is 0.461 e. The van der Waals surface area contributed by atoms with E-state index in [4.69, 9.17) is 4.74 Å². The Morgan fingerprint density at radius 1 is 1.55 bits per heavy atom. The minimum Gasteiger partial charge on any atom is -0.461 e. The second-order valence-electron chi connectivity index (χ2n) is 4.94. The second kappa shape index (κ2) is 5.75. The van der Waals surface area contributed by atoms with E-state index < -0.39 is 5.97 Å². The molecule has 106 valence electrons. The van der Waals surface area contributed by atoms with Crippen LogP contribution in [0, 0.1) is 5.92 Å². The Hall–Kier alpha value is -1.69. The number of ether oxygens (including phenoxy) is 1. The molecule has 0 atom stereocenters. The first-order valence-corrected chi connectivity index (χ1v) is 7.82. The number of esters is 1. The molecule has 1 fully saturated rings. The number of carbonyl (C=O) groups is 1. The van der Waals surface area contributed by atoms with Gasteiger partial charge in [0, 0.05) is 6.54 Å². The van der Waals surface area contributed by atoms with E-state index in [1.807, 2.05) is 22.2 Å². The smallest absolute Gasteiger partial charge is 0.361 e. The predicted octanol–water partition coefficient (Wildman–Crippen LogP) is 2.98. The Balaban J connectivity index is 1.91. The van der Waals surface area contributed by atoms with Crippen molar-refractivity contribution < 1.29 is 9.53 Å². The summed E-state index contributed by atoms with van der Waals surface area (Å²) in [5.41, 5.74) is 1.11. The second-order valence-corrected chi connectivity index (χ2v) is 5.89. The minimum absolute atomic E-state index is 0.324. The van der Waals surface area contributed by atoms with E-state index in [-0.39, 0.29) is 0 Å². The Labute approximate surface area is 121 Å². The van der Waals surface area contributed by atoms with Crippen molar-refractivity contribution in [2.24, 2.45) is 5.92 Å². The van der Waals surface area contributed by atoms with Crippen LogP contribution in [-0.2, 0) is 11.3 Å². The van der Waals surface area contributed by atoms with Crippen LogP contribution in [0.15, 0.2) is 17.5 Å². The van der Waals surface area contributed by atoms with Gasteiger partial charge in [0.1, 0.15) is 5.69 Å². The first-order valence-electron chi connectivity index (χ1n) is 6.94. The highest BCUT2D eigenvalue weighted by Gasteiger charge is 2.25. The summed E-state index contributed by atoms with van der Waals surface area (Å²) in [4.78, 5) is 13.0. The molecule has 2 aromatic heterocycles. The van der Waals surface area contributed by atoms with Crippen molar-refractivity contribution in [2.75, 3.05) is 6.61 Å². The number of aryl methyl sites for hydroxylation is 1. The summed E-state index contributed by atoms with van der Waals surface area (Å²) >= 11 is 1.59. The molecule has 1 saturated carbocycles. The Kier molecular flexibility index (Phi) is 3.82. The molecule has 6 heteroatoms. The van der Waals surface area contributed by atoms with Gasteiger partial charge in [-0.1, -0.05) is 24.1 Å². The van der Waals surface area contributed by atoms with Crippen LogP contribution in [0.4, 0.5) is 0 Å². The number of nitrogens with zero attached hydrogens (tertiary/aromatic N) is 3. The fourth-order valence-corrected chi connectivity index (χ4v) is 2.95. The third-order valence-corrected chi connectivity index (χ3v) is 4.28. The molecule has 0 amide bonds. The van der Waals surface area contributed by atoms with E-state index in [1.165, 1.54) is 12.8 Å². The van der Waals surface area contributed by atoms with Gasteiger partial charge < -0.3 is 4.74 Å². The van der Waals surface area contributed by atoms with Crippen LogP contribution in [-0.4, -0.2) is 27.6 Å². The van der Waals surface area contributed by atoms with Crippen molar-refractivity contribution in [3.05, 3.63) is 23.2 Å². The SMILES string of the molecule is CCOC(=O)c1nnn(CCC2CC2)c1-c1cccs1. The zero-order valence-corrected chi connectivity index (χ0v) is 12.2. The van der Waals surface area contributed by atoms with E-state index in [0.29, 0.717) is 12.3 Å². The number of carbonyl (C=O) groups excluding carboxylic acids is 1. The van der Waals surface area contributed by atoms with E-state index >= 15 is 0 Å². The lowest BCUT2D eigenvalue weighted by atomic mass is 10.2. The molecule has 2 heterocycles. The summed E-state index contributed by atoms with van der Waals surface area (Å²) in [5, 5.41) is 10.2. The molecule has 2 aromatic rings. The number of thiophene rings is 1. The molecular weight excluding hydrogens is 274 g/mol. The Bertz CT molecular complexity index is 588. The van der Waals surface area contributed by atoms with Crippen molar-refractivity contribution in [3.8, 4) is 10.6 Å². The lowest BCUT2D eigenvalue weighted by molar-refractivity contribution is 0.0520. The molecule has 5 nitrogen and oxygen atoms in total. The van der Waals surface area contributed by atoms with Gasteiger partial charge in [-0.05, 0) is 30.7 Å². The molecule has 0 radical (unpaired) electrons. The van der Waals surface area contributed by atoms with E-state index in [0.717, 1.165) is 29.5 Å². The van der Waals surface area contributed by atoms with Gasteiger partial charge in [-0.15, -0.1) is 16.4 Å². The number of aromatic nitrogens is 3. The Morgan fingerprint density at radius 2 is 2.40 bits per heavy atom. The third kappa shape index (κ3) is 2.75. The van der Waals surface area contributed by atoms with Crippen LogP contribution in [0.3, 0.4) is 0 Å². The highest BCUT2D eigenvalue weighted by atomic mass is 32.1.